The minimum atomic E-state index is -0.0448. The van der Waals surface area contributed by atoms with Gasteiger partial charge in [-0.15, -0.1) is 0 Å². The quantitative estimate of drug-likeness (QED) is 0.717. The summed E-state index contributed by atoms with van der Waals surface area (Å²) in [5.74, 6) is 0.977. The van der Waals surface area contributed by atoms with Crippen LogP contribution >= 0.6 is 0 Å². The molecule has 3 aromatic rings. The zero-order valence-electron chi connectivity index (χ0n) is 17.4. The van der Waals surface area contributed by atoms with Crippen molar-refractivity contribution >= 4 is 16.8 Å². The number of fused-ring (bicyclic) bond motifs is 2. The molecule has 5 nitrogen and oxygen atoms in total. The van der Waals surface area contributed by atoms with Crippen molar-refractivity contribution < 1.29 is 14.3 Å². The number of aryl methyl sites for hydroxylation is 2. The number of hydrogen-bond donors (Lipinski definition) is 1. The minimum absolute atomic E-state index is 0.0265. The molecule has 0 radical (unpaired) electrons. The van der Waals surface area contributed by atoms with Gasteiger partial charge in [0.25, 0.3) is 0 Å². The molecular weight excluding hydrogens is 376 g/mol. The van der Waals surface area contributed by atoms with Gasteiger partial charge >= 0.3 is 0 Å². The number of hydrogen-bond acceptors (Lipinski definition) is 4. The molecule has 2 aliphatic rings. The van der Waals surface area contributed by atoms with Crippen LogP contribution in [0.25, 0.3) is 22.0 Å². The van der Waals surface area contributed by atoms with Crippen molar-refractivity contribution in [1.82, 2.24) is 10.3 Å². The molecule has 154 valence electrons. The summed E-state index contributed by atoms with van der Waals surface area (Å²) in [7, 11) is 0. The predicted molar refractivity (Wildman–Crippen MR) is 117 cm³/mol. The molecule has 1 fully saturated rings. The molecule has 0 bridgehead atoms. The number of pyridine rings is 1. The Morgan fingerprint density at radius 1 is 1.17 bits per heavy atom. The normalized spacial score (nSPS) is 20.2. The fourth-order valence-corrected chi connectivity index (χ4v) is 4.42. The van der Waals surface area contributed by atoms with E-state index in [-0.39, 0.29) is 17.9 Å². The van der Waals surface area contributed by atoms with Crippen LogP contribution in [0.5, 0.6) is 5.75 Å². The van der Waals surface area contributed by atoms with Gasteiger partial charge in [-0.1, -0.05) is 18.2 Å². The van der Waals surface area contributed by atoms with Crippen LogP contribution in [0, 0.1) is 19.8 Å². The first kappa shape index (κ1) is 19.1. The Labute approximate surface area is 176 Å². The molecule has 5 rings (SSSR count). The summed E-state index contributed by atoms with van der Waals surface area (Å²) >= 11 is 0. The van der Waals surface area contributed by atoms with E-state index in [1.165, 1.54) is 11.1 Å². The molecule has 0 aliphatic carbocycles. The molecule has 3 heterocycles. The maximum Gasteiger partial charge on any atom is 0.225 e. The SMILES string of the molecule is Cc1cc2c(c(-c3ccc4nc(C)ccc4c3)c1)O[C@@H](CNC(=O)[C@@H]1CCOC1)C2. The van der Waals surface area contributed by atoms with E-state index in [0.717, 1.165) is 46.3 Å². The number of amides is 1. The third kappa shape index (κ3) is 3.65. The first-order valence-corrected chi connectivity index (χ1v) is 10.6. The van der Waals surface area contributed by atoms with E-state index < -0.39 is 0 Å². The van der Waals surface area contributed by atoms with Crippen LogP contribution in [-0.4, -0.2) is 36.8 Å². The van der Waals surface area contributed by atoms with Crippen LogP contribution in [0.3, 0.4) is 0 Å². The zero-order valence-corrected chi connectivity index (χ0v) is 17.4. The Morgan fingerprint density at radius 2 is 2.07 bits per heavy atom. The zero-order chi connectivity index (χ0) is 20.7. The lowest BCUT2D eigenvalue weighted by atomic mass is 9.96. The first-order valence-electron chi connectivity index (χ1n) is 10.6. The standard InChI is InChI=1S/C25H26N2O3/c1-15-9-20-12-21(13-26-25(28)19-7-8-29-14-19)30-24(20)22(10-15)17-5-6-23-18(11-17)4-3-16(2)27-23/h3-6,9-11,19,21H,7-8,12-14H2,1-2H3,(H,26,28)/t19-,21-/m1/s1. The minimum Gasteiger partial charge on any atom is -0.487 e. The molecule has 1 amide bonds. The van der Waals surface area contributed by atoms with E-state index in [9.17, 15) is 4.79 Å². The van der Waals surface area contributed by atoms with Crippen LogP contribution in [0.4, 0.5) is 0 Å². The van der Waals surface area contributed by atoms with Crippen molar-refractivity contribution in [2.75, 3.05) is 19.8 Å². The van der Waals surface area contributed by atoms with Gasteiger partial charge in [0, 0.05) is 29.7 Å². The summed E-state index contributed by atoms with van der Waals surface area (Å²) in [6, 6.07) is 14.9. The molecule has 0 unspecified atom stereocenters. The predicted octanol–water partition coefficient (Wildman–Crippen LogP) is 3.97. The van der Waals surface area contributed by atoms with Crippen LogP contribution in [-0.2, 0) is 16.0 Å². The van der Waals surface area contributed by atoms with Gasteiger partial charge in [-0.3, -0.25) is 9.78 Å². The molecule has 0 spiro atoms. The summed E-state index contributed by atoms with van der Waals surface area (Å²) in [5, 5.41) is 4.17. The second-order valence-corrected chi connectivity index (χ2v) is 8.41. The molecule has 1 saturated heterocycles. The van der Waals surface area contributed by atoms with E-state index in [4.69, 9.17) is 9.47 Å². The summed E-state index contributed by atoms with van der Waals surface area (Å²) in [4.78, 5) is 16.9. The van der Waals surface area contributed by atoms with Crippen molar-refractivity contribution in [3.63, 3.8) is 0 Å². The number of carbonyl (C=O) groups excluding carboxylic acids is 1. The molecule has 1 aromatic heterocycles. The lowest BCUT2D eigenvalue weighted by molar-refractivity contribution is -0.125. The molecular formula is C25H26N2O3. The smallest absolute Gasteiger partial charge is 0.225 e. The third-order valence-electron chi connectivity index (χ3n) is 5.99. The summed E-state index contributed by atoms with van der Waals surface area (Å²) in [6.07, 6.45) is 1.56. The van der Waals surface area contributed by atoms with E-state index in [1.807, 2.05) is 13.0 Å². The highest BCUT2D eigenvalue weighted by atomic mass is 16.5. The van der Waals surface area contributed by atoms with Crippen molar-refractivity contribution in [1.29, 1.82) is 0 Å². The van der Waals surface area contributed by atoms with E-state index >= 15 is 0 Å². The number of nitrogens with one attached hydrogen (secondary N) is 1. The lowest BCUT2D eigenvalue weighted by Crippen LogP contribution is -2.38. The van der Waals surface area contributed by atoms with Gasteiger partial charge < -0.3 is 14.8 Å². The summed E-state index contributed by atoms with van der Waals surface area (Å²) in [5.41, 5.74) is 6.66. The van der Waals surface area contributed by atoms with Gasteiger partial charge in [0.15, 0.2) is 0 Å². The average molecular weight is 402 g/mol. The number of ether oxygens (including phenoxy) is 2. The molecule has 5 heteroatoms. The van der Waals surface area contributed by atoms with Crippen LogP contribution in [0.1, 0.15) is 23.2 Å². The summed E-state index contributed by atoms with van der Waals surface area (Å²) < 4.78 is 11.6. The molecule has 2 aliphatic heterocycles. The Bertz CT molecular complexity index is 1120. The van der Waals surface area contributed by atoms with Crippen molar-refractivity contribution in [2.24, 2.45) is 5.92 Å². The monoisotopic (exact) mass is 402 g/mol. The fourth-order valence-electron chi connectivity index (χ4n) is 4.42. The van der Waals surface area contributed by atoms with Gasteiger partial charge in [-0.05, 0) is 61.2 Å². The van der Waals surface area contributed by atoms with E-state index in [2.05, 4.69) is 53.6 Å². The average Bonchev–Trinajstić information content (AvgIpc) is 3.41. The Morgan fingerprint density at radius 3 is 2.90 bits per heavy atom. The van der Waals surface area contributed by atoms with E-state index in [0.29, 0.717) is 19.8 Å². The van der Waals surface area contributed by atoms with Gasteiger partial charge in [0.2, 0.25) is 5.91 Å². The third-order valence-corrected chi connectivity index (χ3v) is 5.99. The summed E-state index contributed by atoms with van der Waals surface area (Å²) in [6.45, 7) is 5.84. The Balaban J connectivity index is 1.38. The number of carbonyl (C=O) groups is 1. The number of nitrogens with zero attached hydrogens (tertiary/aromatic N) is 1. The number of rotatable bonds is 4. The second-order valence-electron chi connectivity index (χ2n) is 8.41. The molecule has 30 heavy (non-hydrogen) atoms. The number of benzene rings is 2. The molecule has 2 atom stereocenters. The maximum atomic E-state index is 12.3. The molecule has 2 aromatic carbocycles. The highest BCUT2D eigenvalue weighted by Crippen LogP contribution is 2.40. The Hall–Kier alpha value is -2.92. The van der Waals surface area contributed by atoms with Crippen molar-refractivity contribution in [2.45, 2.75) is 32.8 Å². The molecule has 0 saturated carbocycles. The fraction of sp³-hybridized carbons (Fsp3) is 0.360. The van der Waals surface area contributed by atoms with Crippen LogP contribution in [0.2, 0.25) is 0 Å². The van der Waals surface area contributed by atoms with Gasteiger partial charge in [0.05, 0.1) is 24.6 Å². The van der Waals surface area contributed by atoms with Crippen molar-refractivity contribution in [3.8, 4) is 16.9 Å². The maximum absolute atomic E-state index is 12.3. The van der Waals surface area contributed by atoms with E-state index in [1.54, 1.807) is 0 Å². The van der Waals surface area contributed by atoms with Gasteiger partial charge in [-0.25, -0.2) is 0 Å². The number of aromatic nitrogens is 1. The lowest BCUT2D eigenvalue weighted by Gasteiger charge is -2.15. The van der Waals surface area contributed by atoms with Gasteiger partial charge in [0.1, 0.15) is 11.9 Å². The Kier molecular flexibility index (Phi) is 4.91. The molecule has 1 N–H and O–H groups in total. The topological polar surface area (TPSA) is 60.5 Å². The highest BCUT2D eigenvalue weighted by molar-refractivity contribution is 5.86. The van der Waals surface area contributed by atoms with Crippen LogP contribution < -0.4 is 10.1 Å². The second kappa shape index (κ2) is 7.73. The largest absolute Gasteiger partial charge is 0.487 e. The highest BCUT2D eigenvalue weighted by Gasteiger charge is 2.29. The van der Waals surface area contributed by atoms with Crippen LogP contribution in [0.15, 0.2) is 42.5 Å². The van der Waals surface area contributed by atoms with Crippen molar-refractivity contribution in [3.05, 3.63) is 59.3 Å². The first-order chi connectivity index (χ1) is 14.6. The van der Waals surface area contributed by atoms with Gasteiger partial charge in [-0.2, -0.15) is 0 Å².